The van der Waals surface area contributed by atoms with Crippen molar-refractivity contribution in [2.45, 2.75) is 44.4 Å². The van der Waals surface area contributed by atoms with Gasteiger partial charge in [0.1, 0.15) is 0 Å². The van der Waals surface area contributed by atoms with Crippen molar-refractivity contribution in [3.05, 3.63) is 47.8 Å². The van der Waals surface area contributed by atoms with Gasteiger partial charge in [-0.2, -0.15) is 5.26 Å². The maximum absolute atomic E-state index is 11.9. The van der Waals surface area contributed by atoms with E-state index >= 15 is 0 Å². The number of hydrogen-bond acceptors (Lipinski definition) is 1. The minimum atomic E-state index is 0.640. The lowest BCUT2D eigenvalue weighted by atomic mass is 9.77. The van der Waals surface area contributed by atoms with Crippen LogP contribution in [0.2, 0.25) is 0 Å². The Balaban J connectivity index is 1.83. The molecule has 0 saturated heterocycles. The van der Waals surface area contributed by atoms with Crippen LogP contribution in [0.25, 0.3) is 0 Å². The number of halogens is 1. The Bertz CT molecular complexity index is 447. The van der Waals surface area contributed by atoms with Crippen LogP contribution in [0.3, 0.4) is 0 Å². The Morgan fingerprint density at radius 1 is 1.16 bits per heavy atom. The SMILES string of the molecule is N#Cc1ccc([C@H]2CC[C@H](CC/C=C/F)CC2)cc1. The van der Waals surface area contributed by atoms with E-state index in [1.807, 2.05) is 12.1 Å². The summed E-state index contributed by atoms with van der Waals surface area (Å²) in [5.41, 5.74) is 2.09. The maximum Gasteiger partial charge on any atom is 0.0991 e. The number of allylic oxidation sites excluding steroid dienone is 1. The molecule has 0 bridgehead atoms. The van der Waals surface area contributed by atoms with Crippen molar-refractivity contribution in [3.8, 4) is 6.07 Å². The van der Waals surface area contributed by atoms with Crippen LogP contribution in [0.1, 0.15) is 55.6 Å². The van der Waals surface area contributed by atoms with Gasteiger partial charge in [-0.25, -0.2) is 4.39 Å². The van der Waals surface area contributed by atoms with Gasteiger partial charge in [-0.15, -0.1) is 0 Å². The van der Waals surface area contributed by atoms with E-state index < -0.39 is 0 Å². The van der Waals surface area contributed by atoms with Crippen molar-refractivity contribution in [1.82, 2.24) is 0 Å². The molecular formula is C17H20FN. The summed E-state index contributed by atoms with van der Waals surface area (Å²) in [6, 6.07) is 10.2. The smallest absolute Gasteiger partial charge is 0.0991 e. The van der Waals surface area contributed by atoms with Crippen molar-refractivity contribution in [2.24, 2.45) is 5.92 Å². The highest BCUT2D eigenvalue weighted by atomic mass is 19.1. The molecule has 0 atom stereocenters. The number of benzene rings is 1. The zero-order valence-electron chi connectivity index (χ0n) is 11.2. The van der Waals surface area contributed by atoms with Crippen LogP contribution >= 0.6 is 0 Å². The van der Waals surface area contributed by atoms with Gasteiger partial charge in [-0.1, -0.05) is 18.2 Å². The van der Waals surface area contributed by atoms with E-state index in [2.05, 4.69) is 18.2 Å². The van der Waals surface area contributed by atoms with Gasteiger partial charge in [0.05, 0.1) is 18.0 Å². The summed E-state index contributed by atoms with van der Waals surface area (Å²) in [5.74, 6) is 1.39. The summed E-state index contributed by atoms with van der Waals surface area (Å²) in [6.07, 6.45) is 9.17. The quantitative estimate of drug-likeness (QED) is 0.736. The maximum atomic E-state index is 11.9. The fourth-order valence-electron chi connectivity index (χ4n) is 3.01. The number of hydrogen-bond donors (Lipinski definition) is 0. The molecule has 1 saturated carbocycles. The van der Waals surface area contributed by atoms with Gasteiger partial charge in [0.2, 0.25) is 0 Å². The van der Waals surface area contributed by atoms with Crippen LogP contribution in [0.4, 0.5) is 4.39 Å². The zero-order valence-corrected chi connectivity index (χ0v) is 11.2. The molecule has 2 heteroatoms. The molecule has 0 aliphatic heterocycles. The first-order valence-corrected chi connectivity index (χ1v) is 7.08. The van der Waals surface area contributed by atoms with E-state index in [1.54, 1.807) is 6.08 Å². The third-order valence-corrected chi connectivity index (χ3v) is 4.19. The summed E-state index contributed by atoms with van der Waals surface area (Å²) < 4.78 is 11.9. The first-order chi connectivity index (χ1) is 9.33. The Labute approximate surface area is 114 Å². The summed E-state index contributed by atoms with van der Waals surface area (Å²) in [7, 11) is 0. The molecule has 0 radical (unpaired) electrons. The Morgan fingerprint density at radius 2 is 1.84 bits per heavy atom. The average molecular weight is 257 g/mol. The van der Waals surface area contributed by atoms with E-state index in [4.69, 9.17) is 5.26 Å². The highest BCUT2D eigenvalue weighted by Crippen LogP contribution is 2.37. The van der Waals surface area contributed by atoms with Crippen LogP contribution in [0.15, 0.2) is 36.7 Å². The Morgan fingerprint density at radius 3 is 2.42 bits per heavy atom. The topological polar surface area (TPSA) is 23.8 Å². The summed E-state index contributed by atoms with van der Waals surface area (Å²) in [5, 5.41) is 8.79. The fraction of sp³-hybridized carbons (Fsp3) is 0.471. The molecule has 1 aromatic carbocycles. The van der Waals surface area contributed by atoms with E-state index in [0.29, 0.717) is 12.2 Å². The second kappa shape index (κ2) is 7.09. The van der Waals surface area contributed by atoms with Crippen molar-refractivity contribution in [1.29, 1.82) is 5.26 Å². The molecule has 19 heavy (non-hydrogen) atoms. The zero-order chi connectivity index (χ0) is 13.5. The van der Waals surface area contributed by atoms with E-state index in [0.717, 1.165) is 24.3 Å². The monoisotopic (exact) mass is 257 g/mol. The van der Waals surface area contributed by atoms with Crippen molar-refractivity contribution in [3.63, 3.8) is 0 Å². The van der Waals surface area contributed by atoms with Gasteiger partial charge < -0.3 is 0 Å². The molecule has 1 fully saturated rings. The molecule has 0 spiro atoms. The van der Waals surface area contributed by atoms with Gasteiger partial charge in [0.25, 0.3) is 0 Å². The Hall–Kier alpha value is -1.62. The van der Waals surface area contributed by atoms with Gasteiger partial charge in [-0.3, -0.25) is 0 Å². The fourth-order valence-corrected chi connectivity index (χ4v) is 3.01. The third kappa shape index (κ3) is 3.92. The van der Waals surface area contributed by atoms with Gasteiger partial charge in [0.15, 0.2) is 0 Å². The van der Waals surface area contributed by atoms with Crippen LogP contribution in [0, 0.1) is 17.2 Å². The van der Waals surface area contributed by atoms with Gasteiger partial charge >= 0.3 is 0 Å². The predicted octanol–water partition coefficient (Wildman–Crippen LogP) is 5.10. The number of nitrogens with zero attached hydrogens (tertiary/aromatic N) is 1. The van der Waals surface area contributed by atoms with E-state index in [1.165, 1.54) is 31.2 Å². The molecule has 1 nitrogen and oxygen atoms in total. The number of rotatable bonds is 4. The predicted molar refractivity (Wildman–Crippen MR) is 75.3 cm³/mol. The molecule has 0 N–H and O–H groups in total. The number of nitriles is 1. The standard InChI is InChI=1S/C17H20FN/c18-12-2-1-3-14-4-8-16(9-5-14)17-10-6-15(13-19)7-11-17/h2,6-7,10-12,14,16H,1,3-5,8-9H2/b12-2+/t14-,16-. The molecule has 100 valence electrons. The molecule has 1 aliphatic carbocycles. The lowest BCUT2D eigenvalue weighted by Crippen LogP contribution is -2.13. The van der Waals surface area contributed by atoms with Crippen LogP contribution < -0.4 is 0 Å². The summed E-state index contributed by atoms with van der Waals surface area (Å²) in [6.45, 7) is 0. The average Bonchev–Trinajstić information content (AvgIpc) is 2.48. The van der Waals surface area contributed by atoms with Crippen molar-refractivity contribution in [2.75, 3.05) is 0 Å². The van der Waals surface area contributed by atoms with Crippen molar-refractivity contribution < 1.29 is 4.39 Å². The molecule has 0 heterocycles. The molecule has 0 amide bonds. The minimum Gasteiger partial charge on any atom is -0.216 e. The second-order valence-electron chi connectivity index (χ2n) is 5.39. The van der Waals surface area contributed by atoms with Crippen molar-refractivity contribution >= 4 is 0 Å². The van der Waals surface area contributed by atoms with E-state index in [-0.39, 0.29) is 0 Å². The molecule has 0 aromatic heterocycles. The van der Waals surface area contributed by atoms with Gasteiger partial charge in [-0.05, 0) is 68.1 Å². The molecule has 1 aliphatic rings. The molecule has 1 aromatic rings. The molecular weight excluding hydrogens is 237 g/mol. The summed E-state index contributed by atoms with van der Waals surface area (Å²) in [4.78, 5) is 0. The normalized spacial score (nSPS) is 23.4. The molecule has 0 unspecified atom stereocenters. The highest BCUT2D eigenvalue weighted by molar-refractivity contribution is 5.33. The first-order valence-electron chi connectivity index (χ1n) is 7.08. The van der Waals surface area contributed by atoms with Crippen LogP contribution in [-0.4, -0.2) is 0 Å². The highest BCUT2D eigenvalue weighted by Gasteiger charge is 2.21. The minimum absolute atomic E-state index is 0.640. The van der Waals surface area contributed by atoms with Gasteiger partial charge in [0, 0.05) is 0 Å². The third-order valence-electron chi connectivity index (χ3n) is 4.19. The Kier molecular flexibility index (Phi) is 5.15. The lowest BCUT2D eigenvalue weighted by Gasteiger charge is -2.28. The summed E-state index contributed by atoms with van der Waals surface area (Å²) >= 11 is 0. The van der Waals surface area contributed by atoms with Crippen LogP contribution in [0.5, 0.6) is 0 Å². The molecule has 2 rings (SSSR count). The first kappa shape index (κ1) is 13.8. The van der Waals surface area contributed by atoms with E-state index in [9.17, 15) is 4.39 Å². The lowest BCUT2D eigenvalue weighted by molar-refractivity contribution is 0.311. The van der Waals surface area contributed by atoms with Crippen LogP contribution in [-0.2, 0) is 0 Å². The largest absolute Gasteiger partial charge is 0.216 e. The second-order valence-corrected chi connectivity index (χ2v) is 5.39.